The van der Waals surface area contributed by atoms with E-state index in [0.29, 0.717) is 32.8 Å². The van der Waals surface area contributed by atoms with Crippen molar-refractivity contribution in [2.24, 2.45) is 0 Å². The summed E-state index contributed by atoms with van der Waals surface area (Å²) in [5.74, 6) is -0.224. The van der Waals surface area contributed by atoms with Crippen LogP contribution in [-0.2, 0) is 16.1 Å². The smallest absolute Gasteiger partial charge is 0.250 e. The SMILES string of the molecule is O=C(COCc1cc(-c2ccc(F)cc2)on1)Nc1cc(Cl)ccc1Cl. The lowest BCUT2D eigenvalue weighted by Gasteiger charge is -2.07. The van der Waals surface area contributed by atoms with Crippen LogP contribution < -0.4 is 5.32 Å². The van der Waals surface area contributed by atoms with Gasteiger partial charge in [0.25, 0.3) is 0 Å². The minimum absolute atomic E-state index is 0.0847. The third kappa shape index (κ3) is 4.82. The first-order chi connectivity index (χ1) is 12.5. The van der Waals surface area contributed by atoms with Crippen molar-refractivity contribution in [3.05, 3.63) is 70.1 Å². The lowest BCUT2D eigenvalue weighted by Crippen LogP contribution is -2.18. The van der Waals surface area contributed by atoms with Gasteiger partial charge in [0, 0.05) is 16.7 Å². The van der Waals surface area contributed by atoms with Crippen molar-refractivity contribution in [2.45, 2.75) is 6.61 Å². The molecular weight excluding hydrogens is 382 g/mol. The topological polar surface area (TPSA) is 64.4 Å². The molecule has 0 aliphatic carbocycles. The summed E-state index contributed by atoms with van der Waals surface area (Å²) in [4.78, 5) is 11.9. The molecule has 26 heavy (non-hydrogen) atoms. The first kappa shape index (κ1) is 18.4. The van der Waals surface area contributed by atoms with E-state index in [-0.39, 0.29) is 24.9 Å². The molecule has 0 unspecified atom stereocenters. The summed E-state index contributed by atoms with van der Waals surface area (Å²) in [7, 11) is 0. The van der Waals surface area contributed by atoms with Crippen molar-refractivity contribution < 1.29 is 18.4 Å². The Kier molecular flexibility index (Phi) is 5.88. The molecule has 0 saturated heterocycles. The van der Waals surface area contributed by atoms with Gasteiger partial charge in [0.05, 0.1) is 17.3 Å². The van der Waals surface area contributed by atoms with Crippen LogP contribution >= 0.6 is 23.2 Å². The van der Waals surface area contributed by atoms with E-state index in [4.69, 9.17) is 32.5 Å². The molecule has 0 radical (unpaired) electrons. The van der Waals surface area contributed by atoms with Gasteiger partial charge in [-0.1, -0.05) is 28.4 Å². The number of nitrogens with zero attached hydrogens (tertiary/aromatic N) is 1. The molecule has 5 nitrogen and oxygen atoms in total. The molecule has 2 aromatic carbocycles. The molecule has 8 heteroatoms. The molecule has 1 N–H and O–H groups in total. The average Bonchev–Trinajstić information content (AvgIpc) is 3.08. The van der Waals surface area contributed by atoms with Gasteiger partial charge in [-0.3, -0.25) is 4.79 Å². The monoisotopic (exact) mass is 394 g/mol. The fourth-order valence-corrected chi connectivity index (χ4v) is 2.49. The highest BCUT2D eigenvalue weighted by Crippen LogP contribution is 2.25. The summed E-state index contributed by atoms with van der Waals surface area (Å²) >= 11 is 11.8. The van der Waals surface area contributed by atoms with E-state index in [2.05, 4.69) is 10.5 Å². The molecule has 0 atom stereocenters. The maximum Gasteiger partial charge on any atom is 0.250 e. The Labute approximate surface area is 158 Å². The number of rotatable bonds is 6. The summed E-state index contributed by atoms with van der Waals surface area (Å²) in [6.45, 7) is -0.108. The molecule has 0 spiro atoms. The Morgan fingerprint density at radius 2 is 1.92 bits per heavy atom. The standard InChI is InChI=1S/C18H13Cl2FN2O3/c19-12-3-6-15(20)16(7-12)22-18(24)10-25-9-14-8-17(26-23-14)11-1-4-13(21)5-2-11/h1-8H,9-10H2,(H,22,24). The minimum atomic E-state index is -0.378. The molecule has 0 saturated carbocycles. The summed E-state index contributed by atoms with van der Waals surface area (Å²) in [6.07, 6.45) is 0. The van der Waals surface area contributed by atoms with Crippen molar-refractivity contribution in [3.63, 3.8) is 0 Å². The Hall–Kier alpha value is -2.41. The number of aromatic nitrogens is 1. The minimum Gasteiger partial charge on any atom is -0.365 e. The van der Waals surface area contributed by atoms with Crippen molar-refractivity contribution >= 4 is 34.8 Å². The highest BCUT2D eigenvalue weighted by molar-refractivity contribution is 6.35. The second kappa shape index (κ2) is 8.31. The Morgan fingerprint density at radius 1 is 1.15 bits per heavy atom. The molecular formula is C18H13Cl2FN2O3. The lowest BCUT2D eigenvalue weighted by molar-refractivity contribution is -0.121. The van der Waals surface area contributed by atoms with Gasteiger partial charge in [0.15, 0.2) is 5.76 Å². The maximum atomic E-state index is 12.9. The molecule has 1 amide bonds. The number of amides is 1. The van der Waals surface area contributed by atoms with E-state index < -0.39 is 0 Å². The van der Waals surface area contributed by atoms with E-state index in [1.54, 1.807) is 36.4 Å². The van der Waals surface area contributed by atoms with Crippen LogP contribution in [-0.4, -0.2) is 17.7 Å². The van der Waals surface area contributed by atoms with Crippen molar-refractivity contribution in [2.75, 3.05) is 11.9 Å². The summed E-state index contributed by atoms with van der Waals surface area (Å²) in [6, 6.07) is 12.3. The number of carbonyl (C=O) groups is 1. The summed E-state index contributed by atoms with van der Waals surface area (Å²) in [5, 5.41) is 7.31. The number of hydrogen-bond donors (Lipinski definition) is 1. The van der Waals surface area contributed by atoms with Gasteiger partial charge in [0.1, 0.15) is 18.1 Å². The molecule has 134 valence electrons. The number of benzene rings is 2. The van der Waals surface area contributed by atoms with Crippen LogP contribution in [0.3, 0.4) is 0 Å². The number of carbonyl (C=O) groups excluding carboxylic acids is 1. The molecule has 0 fully saturated rings. The Morgan fingerprint density at radius 3 is 2.69 bits per heavy atom. The fourth-order valence-electron chi connectivity index (χ4n) is 2.16. The molecule has 1 heterocycles. The predicted molar refractivity (Wildman–Crippen MR) is 96.6 cm³/mol. The third-order valence-corrected chi connectivity index (χ3v) is 3.94. The van der Waals surface area contributed by atoms with Crippen LogP contribution in [0.1, 0.15) is 5.69 Å². The first-order valence-corrected chi connectivity index (χ1v) is 8.31. The Balaban J connectivity index is 1.51. The number of hydrogen-bond acceptors (Lipinski definition) is 4. The quantitative estimate of drug-likeness (QED) is 0.642. The fraction of sp³-hybridized carbons (Fsp3) is 0.111. The predicted octanol–water partition coefficient (Wildman–Crippen LogP) is 4.94. The third-order valence-electron chi connectivity index (χ3n) is 3.37. The number of anilines is 1. The highest BCUT2D eigenvalue weighted by Gasteiger charge is 2.10. The van der Waals surface area contributed by atoms with Gasteiger partial charge in [-0.25, -0.2) is 4.39 Å². The van der Waals surface area contributed by atoms with Crippen LogP contribution in [0.4, 0.5) is 10.1 Å². The molecule has 3 rings (SSSR count). The van der Waals surface area contributed by atoms with Crippen LogP contribution in [0.25, 0.3) is 11.3 Å². The van der Waals surface area contributed by atoms with Gasteiger partial charge in [-0.15, -0.1) is 0 Å². The largest absolute Gasteiger partial charge is 0.365 e. The second-order valence-electron chi connectivity index (χ2n) is 5.35. The van der Waals surface area contributed by atoms with E-state index in [9.17, 15) is 9.18 Å². The lowest BCUT2D eigenvalue weighted by atomic mass is 10.1. The van der Waals surface area contributed by atoms with E-state index in [1.165, 1.54) is 12.1 Å². The van der Waals surface area contributed by atoms with Crippen molar-refractivity contribution in [1.82, 2.24) is 5.16 Å². The molecule has 1 aromatic heterocycles. The Bertz CT molecular complexity index is 913. The van der Waals surface area contributed by atoms with Gasteiger partial charge in [0.2, 0.25) is 5.91 Å². The molecule has 0 aliphatic heterocycles. The second-order valence-corrected chi connectivity index (χ2v) is 6.20. The van der Waals surface area contributed by atoms with Crippen molar-refractivity contribution in [1.29, 1.82) is 0 Å². The maximum absolute atomic E-state index is 12.9. The first-order valence-electron chi connectivity index (χ1n) is 7.55. The van der Waals surface area contributed by atoms with Crippen LogP contribution in [0.2, 0.25) is 10.0 Å². The number of nitrogens with one attached hydrogen (secondary N) is 1. The van der Waals surface area contributed by atoms with Gasteiger partial charge >= 0.3 is 0 Å². The van der Waals surface area contributed by atoms with Crippen molar-refractivity contribution in [3.8, 4) is 11.3 Å². The zero-order valence-electron chi connectivity index (χ0n) is 13.3. The molecule has 3 aromatic rings. The van der Waals surface area contributed by atoms with Crippen LogP contribution in [0.15, 0.2) is 53.1 Å². The van der Waals surface area contributed by atoms with Crippen LogP contribution in [0, 0.1) is 5.82 Å². The zero-order valence-corrected chi connectivity index (χ0v) is 14.9. The summed E-state index contributed by atoms with van der Waals surface area (Å²) < 4.78 is 23.4. The van der Waals surface area contributed by atoms with E-state index >= 15 is 0 Å². The van der Waals surface area contributed by atoms with Gasteiger partial charge < -0.3 is 14.6 Å². The van der Waals surface area contributed by atoms with E-state index in [0.717, 1.165) is 0 Å². The van der Waals surface area contributed by atoms with Gasteiger partial charge in [-0.05, 0) is 42.5 Å². The molecule has 0 aliphatic rings. The number of ether oxygens (including phenoxy) is 1. The van der Waals surface area contributed by atoms with Gasteiger partial charge in [-0.2, -0.15) is 0 Å². The molecule has 0 bridgehead atoms. The van der Waals surface area contributed by atoms with E-state index in [1.807, 2.05) is 0 Å². The normalized spacial score (nSPS) is 10.7. The zero-order chi connectivity index (χ0) is 18.5. The van der Waals surface area contributed by atoms with Crippen LogP contribution in [0.5, 0.6) is 0 Å². The number of halogens is 3. The summed E-state index contributed by atoms with van der Waals surface area (Å²) in [5.41, 5.74) is 1.62. The average molecular weight is 395 g/mol. The highest BCUT2D eigenvalue weighted by atomic mass is 35.5.